The molecule has 3 N–H and O–H groups in total. The number of rotatable bonds is 7. The van der Waals surface area contributed by atoms with Crippen molar-refractivity contribution in [3.63, 3.8) is 0 Å². The predicted octanol–water partition coefficient (Wildman–Crippen LogP) is 3.46. The Bertz CT molecular complexity index is 1130. The molecule has 6 nitrogen and oxygen atoms in total. The third kappa shape index (κ3) is 4.86. The van der Waals surface area contributed by atoms with Gasteiger partial charge in [0.2, 0.25) is 0 Å². The molecule has 2 aromatic carbocycles. The summed E-state index contributed by atoms with van der Waals surface area (Å²) < 4.78 is 15.4. The van der Waals surface area contributed by atoms with Crippen LogP contribution in [0.1, 0.15) is 16.7 Å². The van der Waals surface area contributed by atoms with E-state index >= 15 is 0 Å². The molecule has 0 bridgehead atoms. The van der Waals surface area contributed by atoms with Crippen molar-refractivity contribution >= 4 is 16.9 Å². The van der Waals surface area contributed by atoms with E-state index in [2.05, 4.69) is 49.9 Å². The van der Waals surface area contributed by atoms with Gasteiger partial charge < -0.3 is 20.2 Å². The maximum absolute atomic E-state index is 13.3. The largest absolute Gasteiger partial charge is 0.361 e. The SMILES string of the molecule is CN=C(NCCc1c[nH]c2cc(F)ccc12)NCc1cccc(Cn2ccnc2)c1. The second-order valence-electron chi connectivity index (χ2n) is 7.16. The smallest absolute Gasteiger partial charge is 0.191 e. The van der Waals surface area contributed by atoms with Crippen molar-refractivity contribution in [1.29, 1.82) is 0 Å². The average molecular weight is 404 g/mol. The molecule has 2 heterocycles. The summed E-state index contributed by atoms with van der Waals surface area (Å²) in [6, 6.07) is 13.3. The van der Waals surface area contributed by atoms with Gasteiger partial charge in [0.1, 0.15) is 5.82 Å². The van der Waals surface area contributed by atoms with E-state index in [0.717, 1.165) is 41.9 Å². The lowest BCUT2D eigenvalue weighted by molar-refractivity contribution is 0.629. The zero-order chi connectivity index (χ0) is 20.8. The first-order chi connectivity index (χ1) is 14.7. The number of hydrogen-bond donors (Lipinski definition) is 3. The molecule has 0 saturated carbocycles. The van der Waals surface area contributed by atoms with Crippen LogP contribution in [0.25, 0.3) is 10.9 Å². The molecule has 0 saturated heterocycles. The molecule has 0 amide bonds. The Hall–Kier alpha value is -3.61. The quantitative estimate of drug-likeness (QED) is 0.326. The van der Waals surface area contributed by atoms with E-state index in [0.29, 0.717) is 6.54 Å². The zero-order valence-corrected chi connectivity index (χ0v) is 16.9. The molecular weight excluding hydrogens is 379 g/mol. The average Bonchev–Trinajstić information content (AvgIpc) is 3.40. The minimum Gasteiger partial charge on any atom is -0.361 e. The van der Waals surface area contributed by atoms with Crippen molar-refractivity contribution in [2.75, 3.05) is 13.6 Å². The van der Waals surface area contributed by atoms with Gasteiger partial charge >= 0.3 is 0 Å². The van der Waals surface area contributed by atoms with E-state index in [9.17, 15) is 4.39 Å². The summed E-state index contributed by atoms with van der Waals surface area (Å²) in [6.07, 6.45) is 8.32. The summed E-state index contributed by atoms with van der Waals surface area (Å²) in [7, 11) is 1.76. The maximum Gasteiger partial charge on any atom is 0.191 e. The molecule has 154 valence electrons. The highest BCUT2D eigenvalue weighted by molar-refractivity contribution is 5.83. The molecule has 4 rings (SSSR count). The Labute approximate surface area is 174 Å². The first-order valence-electron chi connectivity index (χ1n) is 9.95. The molecule has 0 aliphatic rings. The summed E-state index contributed by atoms with van der Waals surface area (Å²) >= 11 is 0. The lowest BCUT2D eigenvalue weighted by atomic mass is 10.1. The van der Waals surface area contributed by atoms with E-state index < -0.39 is 0 Å². The molecule has 30 heavy (non-hydrogen) atoms. The van der Waals surface area contributed by atoms with Crippen molar-refractivity contribution in [2.45, 2.75) is 19.5 Å². The van der Waals surface area contributed by atoms with Gasteiger partial charge in [0.05, 0.1) is 6.33 Å². The Balaban J connectivity index is 1.29. The van der Waals surface area contributed by atoms with Gasteiger partial charge in [-0.2, -0.15) is 0 Å². The molecule has 0 aliphatic heterocycles. The van der Waals surface area contributed by atoms with E-state index in [1.54, 1.807) is 13.2 Å². The molecule has 7 heteroatoms. The lowest BCUT2D eigenvalue weighted by Gasteiger charge is -2.12. The third-order valence-corrected chi connectivity index (χ3v) is 5.02. The Kier molecular flexibility index (Phi) is 6.08. The first-order valence-corrected chi connectivity index (χ1v) is 9.95. The van der Waals surface area contributed by atoms with E-state index in [-0.39, 0.29) is 5.82 Å². The number of imidazole rings is 1. The Morgan fingerprint density at radius 3 is 2.90 bits per heavy atom. The molecule has 0 radical (unpaired) electrons. The Morgan fingerprint density at radius 1 is 1.17 bits per heavy atom. The van der Waals surface area contributed by atoms with Gasteiger partial charge in [0, 0.05) is 56.2 Å². The fourth-order valence-corrected chi connectivity index (χ4v) is 3.52. The lowest BCUT2D eigenvalue weighted by Crippen LogP contribution is -2.37. The van der Waals surface area contributed by atoms with Crippen LogP contribution in [0.3, 0.4) is 0 Å². The fourth-order valence-electron chi connectivity index (χ4n) is 3.52. The van der Waals surface area contributed by atoms with Crippen LogP contribution in [0.4, 0.5) is 4.39 Å². The summed E-state index contributed by atoms with van der Waals surface area (Å²) in [4.78, 5) is 11.5. The van der Waals surface area contributed by atoms with Crippen molar-refractivity contribution < 1.29 is 4.39 Å². The summed E-state index contributed by atoms with van der Waals surface area (Å²) in [5, 5.41) is 7.75. The van der Waals surface area contributed by atoms with Gasteiger partial charge in [-0.05, 0) is 41.3 Å². The number of guanidine groups is 1. The minimum absolute atomic E-state index is 0.229. The fraction of sp³-hybridized carbons (Fsp3) is 0.217. The molecule has 0 unspecified atom stereocenters. The number of aliphatic imine (C=N–C) groups is 1. The van der Waals surface area contributed by atoms with Gasteiger partial charge in [0.15, 0.2) is 5.96 Å². The molecule has 2 aromatic heterocycles. The van der Waals surface area contributed by atoms with Gasteiger partial charge in [-0.3, -0.25) is 4.99 Å². The highest BCUT2D eigenvalue weighted by Gasteiger charge is 2.05. The van der Waals surface area contributed by atoms with Crippen LogP contribution < -0.4 is 10.6 Å². The number of nitrogens with one attached hydrogen (secondary N) is 3. The summed E-state index contributed by atoms with van der Waals surface area (Å²) in [5.41, 5.74) is 4.39. The molecule has 0 spiro atoms. The topological polar surface area (TPSA) is 70.0 Å². The molecular formula is C23H25FN6. The monoisotopic (exact) mass is 404 g/mol. The first kappa shape index (κ1) is 19.7. The van der Waals surface area contributed by atoms with Crippen molar-refractivity contribution in [3.05, 3.63) is 89.9 Å². The van der Waals surface area contributed by atoms with Crippen molar-refractivity contribution in [3.8, 4) is 0 Å². The van der Waals surface area contributed by atoms with Crippen LogP contribution in [0.15, 0.2) is 72.4 Å². The second-order valence-corrected chi connectivity index (χ2v) is 7.16. The molecule has 4 aromatic rings. The van der Waals surface area contributed by atoms with Crippen LogP contribution in [-0.2, 0) is 19.5 Å². The number of fused-ring (bicyclic) bond motifs is 1. The zero-order valence-electron chi connectivity index (χ0n) is 16.9. The van der Waals surface area contributed by atoms with Crippen LogP contribution in [-0.4, -0.2) is 34.1 Å². The Morgan fingerprint density at radius 2 is 2.07 bits per heavy atom. The normalized spacial score (nSPS) is 11.7. The summed E-state index contributed by atoms with van der Waals surface area (Å²) in [5.74, 6) is 0.522. The number of nitrogens with zero attached hydrogens (tertiary/aromatic N) is 3. The molecule has 0 aliphatic carbocycles. The van der Waals surface area contributed by atoms with E-state index in [4.69, 9.17) is 0 Å². The number of H-pyrrole nitrogens is 1. The number of hydrogen-bond acceptors (Lipinski definition) is 2. The van der Waals surface area contributed by atoms with Gasteiger partial charge in [-0.1, -0.05) is 24.3 Å². The van der Waals surface area contributed by atoms with Crippen LogP contribution in [0, 0.1) is 5.82 Å². The molecule has 0 atom stereocenters. The van der Waals surface area contributed by atoms with Crippen molar-refractivity contribution in [1.82, 2.24) is 25.2 Å². The van der Waals surface area contributed by atoms with Crippen LogP contribution in [0.5, 0.6) is 0 Å². The highest BCUT2D eigenvalue weighted by Crippen LogP contribution is 2.19. The predicted molar refractivity (Wildman–Crippen MR) is 118 cm³/mol. The number of aromatic nitrogens is 3. The number of halogens is 1. The summed E-state index contributed by atoms with van der Waals surface area (Å²) in [6.45, 7) is 2.21. The number of aromatic amines is 1. The highest BCUT2D eigenvalue weighted by atomic mass is 19.1. The second kappa shape index (κ2) is 9.26. The van der Waals surface area contributed by atoms with Gasteiger partial charge in [-0.15, -0.1) is 0 Å². The van der Waals surface area contributed by atoms with Gasteiger partial charge in [-0.25, -0.2) is 9.37 Å². The number of benzene rings is 2. The van der Waals surface area contributed by atoms with Crippen molar-refractivity contribution in [2.24, 2.45) is 4.99 Å². The van der Waals surface area contributed by atoms with E-state index in [1.165, 1.54) is 23.3 Å². The van der Waals surface area contributed by atoms with Crippen LogP contribution >= 0.6 is 0 Å². The van der Waals surface area contributed by atoms with Gasteiger partial charge in [0.25, 0.3) is 0 Å². The molecule has 0 fully saturated rings. The van der Waals surface area contributed by atoms with E-state index in [1.807, 2.05) is 29.4 Å². The minimum atomic E-state index is -0.229. The third-order valence-electron chi connectivity index (χ3n) is 5.02. The van der Waals surface area contributed by atoms with Crippen LogP contribution in [0.2, 0.25) is 0 Å². The standard InChI is InChI=1S/C23H25FN6/c1-25-23(27-8-7-19-14-28-22-12-20(24)5-6-21(19)22)29-13-17-3-2-4-18(11-17)15-30-10-9-26-16-30/h2-6,9-12,14,16,28H,7-8,13,15H2,1H3,(H2,25,27,29). The maximum atomic E-state index is 13.3.